The van der Waals surface area contributed by atoms with E-state index in [2.05, 4.69) is 11.4 Å². The third-order valence-electron chi connectivity index (χ3n) is 6.90. The van der Waals surface area contributed by atoms with Crippen LogP contribution < -0.4 is 15.8 Å². The van der Waals surface area contributed by atoms with Gasteiger partial charge in [0.15, 0.2) is 0 Å². The van der Waals surface area contributed by atoms with E-state index in [1.54, 1.807) is 25.3 Å². The summed E-state index contributed by atoms with van der Waals surface area (Å²) >= 11 is 0. The summed E-state index contributed by atoms with van der Waals surface area (Å²) in [6.07, 6.45) is 1.67. The molecule has 0 aromatic heterocycles. The van der Waals surface area contributed by atoms with Crippen LogP contribution in [0.4, 0.5) is 0 Å². The van der Waals surface area contributed by atoms with Crippen LogP contribution in [0.15, 0.2) is 97.1 Å². The molecule has 2 amide bonds. The number of nitrogens with zero attached hydrogens (tertiary/aromatic N) is 1. The van der Waals surface area contributed by atoms with Gasteiger partial charge in [0, 0.05) is 25.2 Å². The fraction of sp³-hybridized carbons (Fsp3) is 0.235. The van der Waals surface area contributed by atoms with Crippen LogP contribution >= 0.6 is 0 Å². The number of carbonyl (C=O) groups excluding carboxylic acids is 2. The van der Waals surface area contributed by atoms with Crippen LogP contribution in [0.2, 0.25) is 0 Å². The Morgan fingerprint density at radius 3 is 2.24 bits per heavy atom. The predicted octanol–water partition coefficient (Wildman–Crippen LogP) is 4.96. The largest absolute Gasteiger partial charge is 0.508 e. The van der Waals surface area contributed by atoms with Gasteiger partial charge in [0.2, 0.25) is 5.91 Å². The minimum Gasteiger partial charge on any atom is -0.508 e. The number of rotatable bonds is 13. The molecule has 7 nitrogen and oxygen atoms in total. The highest BCUT2D eigenvalue weighted by atomic mass is 16.5. The number of methoxy groups -OCH3 is 1. The number of phenolic OH excluding ortho intramolecular Hbond substituents is 1. The van der Waals surface area contributed by atoms with Gasteiger partial charge < -0.3 is 25.8 Å². The van der Waals surface area contributed by atoms with E-state index in [0.29, 0.717) is 38.2 Å². The zero-order chi connectivity index (χ0) is 29.0. The molecule has 41 heavy (non-hydrogen) atoms. The molecule has 0 atom stereocenters. The van der Waals surface area contributed by atoms with Crippen molar-refractivity contribution in [2.75, 3.05) is 26.7 Å². The van der Waals surface area contributed by atoms with Gasteiger partial charge >= 0.3 is 0 Å². The molecule has 0 aliphatic rings. The molecule has 4 aromatic rings. The fourth-order valence-corrected chi connectivity index (χ4v) is 4.56. The molecular weight excluding hydrogens is 514 g/mol. The van der Waals surface area contributed by atoms with E-state index in [1.165, 1.54) is 0 Å². The second kappa shape index (κ2) is 14.7. The Bertz CT molecular complexity index is 1440. The number of nitrogens with two attached hydrogens (primary N) is 1. The Morgan fingerprint density at radius 2 is 1.54 bits per heavy atom. The number of phenols is 1. The zero-order valence-corrected chi connectivity index (χ0v) is 23.4. The maximum atomic E-state index is 13.5. The SMILES string of the molecule is COc1ccc(CC(=O)N(CCc2ccc(O)cc2)Cc2cccc(-c3cccc(C(=O)NCCCN)c3)c2)cc1. The summed E-state index contributed by atoms with van der Waals surface area (Å²) in [5.41, 5.74) is 11.0. The number of amides is 2. The van der Waals surface area contributed by atoms with Gasteiger partial charge in [-0.1, -0.05) is 54.6 Å². The lowest BCUT2D eigenvalue weighted by Gasteiger charge is -2.24. The first-order chi connectivity index (χ1) is 19.9. The molecule has 7 heteroatoms. The number of benzene rings is 4. The highest BCUT2D eigenvalue weighted by Gasteiger charge is 2.16. The highest BCUT2D eigenvalue weighted by molar-refractivity contribution is 5.95. The molecule has 4 rings (SSSR count). The molecule has 0 heterocycles. The van der Waals surface area contributed by atoms with Gasteiger partial charge in [0.1, 0.15) is 11.5 Å². The number of aromatic hydroxyl groups is 1. The summed E-state index contributed by atoms with van der Waals surface area (Å²) < 4.78 is 5.25. The molecule has 0 radical (unpaired) electrons. The van der Waals surface area contributed by atoms with Gasteiger partial charge in [-0.05, 0) is 89.7 Å². The summed E-state index contributed by atoms with van der Waals surface area (Å²) in [6.45, 7) is 2.05. The third kappa shape index (κ3) is 8.68. The molecule has 0 spiro atoms. The third-order valence-corrected chi connectivity index (χ3v) is 6.90. The monoisotopic (exact) mass is 551 g/mol. The Morgan fingerprint density at radius 1 is 0.854 bits per heavy atom. The second-order valence-electron chi connectivity index (χ2n) is 9.94. The van der Waals surface area contributed by atoms with Crippen LogP contribution in [0, 0.1) is 0 Å². The molecule has 0 aliphatic heterocycles. The predicted molar refractivity (Wildman–Crippen MR) is 162 cm³/mol. The topological polar surface area (TPSA) is 105 Å². The van der Waals surface area contributed by atoms with Crippen molar-refractivity contribution < 1.29 is 19.4 Å². The number of hydrogen-bond acceptors (Lipinski definition) is 5. The van der Waals surface area contributed by atoms with Crippen LogP contribution in [0.25, 0.3) is 11.1 Å². The Hall–Kier alpha value is -4.62. The van der Waals surface area contributed by atoms with Gasteiger partial charge in [0.05, 0.1) is 13.5 Å². The maximum absolute atomic E-state index is 13.5. The number of ether oxygens (including phenoxy) is 1. The summed E-state index contributed by atoms with van der Waals surface area (Å²) in [4.78, 5) is 28.0. The quantitative estimate of drug-likeness (QED) is 0.204. The van der Waals surface area contributed by atoms with E-state index in [4.69, 9.17) is 10.5 Å². The minimum atomic E-state index is -0.124. The summed E-state index contributed by atoms with van der Waals surface area (Å²) in [5, 5.41) is 12.5. The molecular formula is C34H37N3O4. The summed E-state index contributed by atoms with van der Waals surface area (Å²) in [5.74, 6) is 0.867. The van der Waals surface area contributed by atoms with Crippen molar-refractivity contribution in [3.8, 4) is 22.6 Å². The van der Waals surface area contributed by atoms with Crippen LogP contribution in [-0.2, 0) is 24.2 Å². The highest BCUT2D eigenvalue weighted by Crippen LogP contribution is 2.23. The minimum absolute atomic E-state index is 0.0236. The van der Waals surface area contributed by atoms with Crippen molar-refractivity contribution in [2.45, 2.75) is 25.8 Å². The molecule has 4 aromatic carbocycles. The average molecular weight is 552 g/mol. The van der Waals surface area contributed by atoms with Crippen molar-refractivity contribution in [3.63, 3.8) is 0 Å². The van der Waals surface area contributed by atoms with Crippen molar-refractivity contribution in [1.82, 2.24) is 10.2 Å². The Labute approximate surface area is 241 Å². The second-order valence-corrected chi connectivity index (χ2v) is 9.94. The van der Waals surface area contributed by atoms with E-state index >= 15 is 0 Å². The molecule has 0 unspecified atom stereocenters. The van der Waals surface area contributed by atoms with E-state index in [-0.39, 0.29) is 24.0 Å². The standard InChI is InChI=1S/C34H37N3O4/c1-41-32-15-11-26(12-16-32)22-33(39)37(20-17-25-9-13-31(38)14-10-25)24-27-5-2-6-28(21-27)29-7-3-8-30(23-29)34(40)36-19-4-18-35/h2-3,5-16,21,23,38H,4,17-20,22,24,35H2,1H3,(H,36,40). The first-order valence-corrected chi connectivity index (χ1v) is 13.8. The van der Waals surface area contributed by atoms with Crippen molar-refractivity contribution in [2.24, 2.45) is 5.73 Å². The zero-order valence-electron chi connectivity index (χ0n) is 23.4. The molecule has 0 saturated carbocycles. The van der Waals surface area contributed by atoms with Crippen molar-refractivity contribution in [1.29, 1.82) is 0 Å². The van der Waals surface area contributed by atoms with E-state index in [9.17, 15) is 14.7 Å². The van der Waals surface area contributed by atoms with Gasteiger partial charge in [-0.3, -0.25) is 9.59 Å². The van der Waals surface area contributed by atoms with E-state index in [0.717, 1.165) is 40.0 Å². The lowest BCUT2D eigenvalue weighted by Crippen LogP contribution is -2.33. The van der Waals surface area contributed by atoms with Gasteiger partial charge in [0.25, 0.3) is 5.91 Å². The smallest absolute Gasteiger partial charge is 0.251 e. The van der Waals surface area contributed by atoms with Gasteiger partial charge in [-0.25, -0.2) is 0 Å². The van der Waals surface area contributed by atoms with Gasteiger partial charge in [-0.15, -0.1) is 0 Å². The molecule has 0 fully saturated rings. The lowest BCUT2D eigenvalue weighted by atomic mass is 10.0. The van der Waals surface area contributed by atoms with E-state index < -0.39 is 0 Å². The fourth-order valence-electron chi connectivity index (χ4n) is 4.56. The Kier molecular flexibility index (Phi) is 10.5. The number of hydrogen-bond donors (Lipinski definition) is 3. The first-order valence-electron chi connectivity index (χ1n) is 13.8. The number of nitrogens with one attached hydrogen (secondary N) is 1. The number of carbonyl (C=O) groups is 2. The molecule has 0 bridgehead atoms. The summed E-state index contributed by atoms with van der Waals surface area (Å²) in [7, 11) is 1.62. The molecule has 212 valence electrons. The molecule has 0 aliphatic carbocycles. The summed E-state index contributed by atoms with van der Waals surface area (Å²) in [6, 6.07) is 30.2. The van der Waals surface area contributed by atoms with Crippen molar-refractivity contribution >= 4 is 11.8 Å². The maximum Gasteiger partial charge on any atom is 0.251 e. The van der Waals surface area contributed by atoms with Crippen LogP contribution in [0.3, 0.4) is 0 Å². The van der Waals surface area contributed by atoms with Crippen molar-refractivity contribution in [3.05, 3.63) is 119 Å². The molecule has 0 saturated heterocycles. The van der Waals surface area contributed by atoms with Crippen LogP contribution in [-0.4, -0.2) is 48.6 Å². The molecule has 4 N–H and O–H groups in total. The van der Waals surface area contributed by atoms with Crippen LogP contribution in [0.5, 0.6) is 11.5 Å². The Balaban J connectivity index is 1.52. The van der Waals surface area contributed by atoms with Crippen LogP contribution in [0.1, 0.15) is 33.5 Å². The normalized spacial score (nSPS) is 10.7. The van der Waals surface area contributed by atoms with Gasteiger partial charge in [-0.2, -0.15) is 0 Å². The van der Waals surface area contributed by atoms with E-state index in [1.807, 2.05) is 77.7 Å². The average Bonchev–Trinajstić information content (AvgIpc) is 3.00. The lowest BCUT2D eigenvalue weighted by molar-refractivity contribution is -0.131. The first kappa shape index (κ1) is 29.4.